The molecule has 0 rings (SSSR count). The van der Waals surface area contributed by atoms with Crippen LogP contribution in [0.2, 0.25) is 0 Å². The molecule has 6 nitrogen and oxygen atoms in total. The summed E-state index contributed by atoms with van der Waals surface area (Å²) in [5.74, 6) is -4.12. The predicted octanol–water partition coefficient (Wildman–Crippen LogP) is -5.17. The van der Waals surface area contributed by atoms with Gasteiger partial charge in [0.15, 0.2) is 0 Å². The Morgan fingerprint density at radius 1 is 1.00 bits per heavy atom. The van der Waals surface area contributed by atoms with Crippen molar-refractivity contribution in [2.24, 2.45) is 0 Å². The second-order valence-electron chi connectivity index (χ2n) is 1.53. The molecule has 0 heterocycles. The van der Waals surface area contributed by atoms with Gasteiger partial charge in [0.25, 0.3) is 0 Å². The Hall–Kier alpha value is 0.341. The van der Waals surface area contributed by atoms with Crippen LogP contribution in [0, 0.1) is 0 Å². The summed E-state index contributed by atoms with van der Waals surface area (Å²) in [5, 5.41) is 35.7. The van der Waals surface area contributed by atoms with E-state index in [4.69, 9.17) is 10.2 Å². The number of rotatable bonds is 3. The minimum atomic E-state index is -2.44. The molecular weight excluding hydrogens is 232 g/mol. The van der Waals surface area contributed by atoms with Gasteiger partial charge in [-0.2, -0.15) is 0 Å². The molecule has 0 aliphatic rings. The largest absolute Gasteiger partial charge is 2.00 e. The van der Waals surface area contributed by atoms with Crippen molar-refractivity contribution < 1.29 is 30.0 Å². The Balaban J connectivity index is 0. The molecule has 0 amide bonds. The molecule has 0 saturated carbocycles. The van der Waals surface area contributed by atoms with E-state index < -0.39 is 24.1 Å². The van der Waals surface area contributed by atoms with Crippen molar-refractivity contribution in [3.8, 4) is 0 Å². The second kappa shape index (κ2) is 5.92. The first-order valence-corrected chi connectivity index (χ1v) is 2.24. The summed E-state index contributed by atoms with van der Waals surface area (Å²) in [6, 6.07) is 0. The number of aliphatic carboxylic acids is 2. The van der Waals surface area contributed by atoms with Gasteiger partial charge in [0, 0.05) is 0 Å². The van der Waals surface area contributed by atoms with Gasteiger partial charge in [0.1, 0.15) is 12.2 Å². The summed E-state index contributed by atoms with van der Waals surface area (Å²) >= 11 is 0. The number of carbonyl (C=O) groups excluding carboxylic acids is 2. The van der Waals surface area contributed by atoms with Crippen molar-refractivity contribution in [2.45, 2.75) is 12.2 Å². The molecule has 2 N–H and O–H groups in total. The Bertz CT molecular complexity index is 139. The molecule has 0 saturated heterocycles. The number of aliphatic hydroxyl groups is 2. The number of carbonyl (C=O) groups is 2. The van der Waals surface area contributed by atoms with Crippen molar-refractivity contribution in [3.63, 3.8) is 0 Å². The van der Waals surface area contributed by atoms with Crippen LogP contribution in [0.4, 0.5) is 0 Å². The van der Waals surface area contributed by atoms with E-state index in [0.29, 0.717) is 0 Å². The van der Waals surface area contributed by atoms with E-state index in [1.807, 2.05) is 0 Å². The summed E-state index contributed by atoms with van der Waals surface area (Å²) in [5.41, 5.74) is 0. The van der Waals surface area contributed by atoms with E-state index >= 15 is 0 Å². The molecule has 0 radical (unpaired) electrons. The molecule has 0 bridgehead atoms. The molecule has 0 aromatic rings. The van der Waals surface area contributed by atoms with Crippen LogP contribution in [0.25, 0.3) is 0 Å². The van der Waals surface area contributed by atoms with Crippen molar-refractivity contribution in [1.29, 1.82) is 0 Å². The smallest absolute Gasteiger partial charge is 0.547 e. The van der Waals surface area contributed by atoms with Gasteiger partial charge < -0.3 is 30.0 Å². The van der Waals surface area contributed by atoms with E-state index in [1.54, 1.807) is 0 Å². The Morgan fingerprint density at radius 2 is 1.18 bits per heavy atom. The van der Waals surface area contributed by atoms with Crippen LogP contribution < -0.4 is 10.2 Å². The minimum Gasteiger partial charge on any atom is -0.547 e. The molecule has 0 aromatic heterocycles. The third-order valence-electron chi connectivity index (χ3n) is 0.782. The fraction of sp³-hybridized carbons (Fsp3) is 0.500. The van der Waals surface area contributed by atoms with Gasteiger partial charge in [-0.15, -0.1) is 0 Å². The average Bonchev–Trinajstić information content (AvgIpc) is 1.84. The van der Waals surface area contributed by atoms with Crippen molar-refractivity contribution in [3.05, 3.63) is 0 Å². The van der Waals surface area contributed by atoms with E-state index in [0.717, 1.165) is 0 Å². The second-order valence-corrected chi connectivity index (χ2v) is 1.53. The average molecular weight is 236 g/mol. The molecule has 0 unspecified atom stereocenters. The van der Waals surface area contributed by atoms with Crippen LogP contribution in [0.1, 0.15) is 0 Å². The fourth-order valence-corrected chi connectivity index (χ4v) is 0.258. The predicted molar refractivity (Wildman–Crippen MR) is 27.8 cm³/mol. The van der Waals surface area contributed by atoms with E-state index in [9.17, 15) is 19.8 Å². The zero-order valence-corrected chi connectivity index (χ0v) is 8.87. The molecule has 0 spiro atoms. The Morgan fingerprint density at radius 3 is 1.27 bits per heavy atom. The standard InChI is InChI=1S/C4H6O6.Sr/c5-1(3(7)8)2(6)4(9)10;/h1-2,5-6H,(H,7,8)(H,9,10);/q;+2/p-2/t1-,2-;/m1./s1. The van der Waals surface area contributed by atoms with Crippen molar-refractivity contribution >= 4 is 57.4 Å². The van der Waals surface area contributed by atoms with Gasteiger partial charge in [0.2, 0.25) is 0 Å². The van der Waals surface area contributed by atoms with E-state index in [-0.39, 0.29) is 45.5 Å². The van der Waals surface area contributed by atoms with Gasteiger partial charge in [0.05, 0.1) is 11.9 Å². The van der Waals surface area contributed by atoms with Gasteiger partial charge in [-0.05, 0) is 0 Å². The molecule has 0 aromatic carbocycles. The van der Waals surface area contributed by atoms with Crippen LogP contribution in [0.15, 0.2) is 0 Å². The molecular formula is C4H4O6Sr. The van der Waals surface area contributed by atoms with E-state index in [2.05, 4.69) is 0 Å². The SMILES string of the molecule is O=C([O-])[C@H](O)[C@@H](O)C(=O)[O-].[Sr+2]. The summed E-state index contributed by atoms with van der Waals surface area (Å²) in [6.45, 7) is 0. The zero-order valence-electron chi connectivity index (χ0n) is 5.39. The first kappa shape index (κ1) is 13.9. The quantitative estimate of drug-likeness (QED) is 0.472. The normalized spacial score (nSPS) is 14.4. The zero-order chi connectivity index (χ0) is 8.31. The molecule has 2 atom stereocenters. The van der Waals surface area contributed by atoms with Crippen molar-refractivity contribution in [1.82, 2.24) is 0 Å². The van der Waals surface area contributed by atoms with Gasteiger partial charge >= 0.3 is 45.5 Å². The fourth-order valence-electron chi connectivity index (χ4n) is 0.258. The summed E-state index contributed by atoms with van der Waals surface area (Å²) < 4.78 is 0. The third kappa shape index (κ3) is 4.72. The summed E-state index contributed by atoms with van der Waals surface area (Å²) in [4.78, 5) is 19.3. The Labute approximate surface area is 98.7 Å². The molecule has 0 aliphatic carbocycles. The minimum absolute atomic E-state index is 0. The molecule has 11 heavy (non-hydrogen) atoms. The summed E-state index contributed by atoms with van der Waals surface area (Å²) in [6.07, 6.45) is -4.88. The van der Waals surface area contributed by atoms with Crippen LogP contribution in [0.3, 0.4) is 0 Å². The van der Waals surface area contributed by atoms with Crippen LogP contribution in [-0.2, 0) is 9.59 Å². The first-order valence-electron chi connectivity index (χ1n) is 2.24. The number of carboxylic acids is 2. The van der Waals surface area contributed by atoms with Crippen LogP contribution in [-0.4, -0.2) is 79.8 Å². The number of aliphatic hydroxyl groups excluding tert-OH is 2. The van der Waals surface area contributed by atoms with Crippen molar-refractivity contribution in [2.75, 3.05) is 0 Å². The van der Waals surface area contributed by atoms with Gasteiger partial charge in [-0.25, -0.2) is 0 Å². The topological polar surface area (TPSA) is 121 Å². The first-order chi connectivity index (χ1) is 4.46. The van der Waals surface area contributed by atoms with E-state index in [1.165, 1.54) is 0 Å². The summed E-state index contributed by atoms with van der Waals surface area (Å²) in [7, 11) is 0. The number of carboxylic acid groups (broad SMARTS) is 2. The maximum Gasteiger partial charge on any atom is 2.00 e. The third-order valence-corrected chi connectivity index (χ3v) is 0.782. The van der Waals surface area contributed by atoms with Gasteiger partial charge in [-0.1, -0.05) is 0 Å². The molecule has 7 heteroatoms. The maximum absolute atomic E-state index is 9.63. The number of hydrogen-bond acceptors (Lipinski definition) is 6. The molecule has 0 fully saturated rings. The molecule has 58 valence electrons. The van der Waals surface area contributed by atoms with Crippen LogP contribution >= 0.6 is 0 Å². The Kier molecular flexibility index (Phi) is 7.49. The number of hydrogen-bond donors (Lipinski definition) is 2. The van der Waals surface area contributed by atoms with Crippen LogP contribution in [0.5, 0.6) is 0 Å². The van der Waals surface area contributed by atoms with Gasteiger partial charge in [-0.3, -0.25) is 0 Å². The maximum atomic E-state index is 9.63. The molecule has 0 aliphatic heterocycles. The monoisotopic (exact) mass is 236 g/mol.